The molecule has 8 heteroatoms. The number of aromatic amines is 1. The Morgan fingerprint density at radius 3 is 2.64 bits per heavy atom. The molecule has 0 fully saturated rings. The molecule has 1 amide bonds. The first-order chi connectivity index (χ1) is 13.5. The number of carbonyl (C=O) groups excluding carboxylic acids is 1. The third-order valence-electron chi connectivity index (χ3n) is 4.69. The van der Waals surface area contributed by atoms with Gasteiger partial charge in [-0.2, -0.15) is 0 Å². The molecule has 142 valence electrons. The van der Waals surface area contributed by atoms with Crippen LogP contribution in [-0.4, -0.2) is 22.2 Å². The summed E-state index contributed by atoms with van der Waals surface area (Å²) in [5, 5.41) is 5.72. The van der Waals surface area contributed by atoms with Gasteiger partial charge in [-0.15, -0.1) is 0 Å². The summed E-state index contributed by atoms with van der Waals surface area (Å²) in [7, 11) is 0. The molecule has 0 radical (unpaired) electrons. The number of hydrogen-bond donors (Lipinski definition) is 1. The second-order valence-electron chi connectivity index (χ2n) is 6.32. The standard InChI is InChI=1S/C20H17ClN4O2S/c1-3-16(26)24-15-7-5-4-6-14(15)17-18(27)22-20(28-2)23-25(17)19(24)12-8-10-13(21)11-9-12/h4-11,19H,3H2,1-2H3/p+1. The highest BCUT2D eigenvalue weighted by atomic mass is 35.5. The number of nitrogens with zero attached hydrogens (tertiary/aromatic N) is 3. The summed E-state index contributed by atoms with van der Waals surface area (Å²) >= 11 is 7.41. The summed E-state index contributed by atoms with van der Waals surface area (Å²) in [4.78, 5) is 30.5. The number of nitrogens with one attached hydrogen (secondary N) is 1. The Bertz CT molecular complexity index is 1110. The van der Waals surface area contributed by atoms with E-state index in [1.807, 2.05) is 49.6 Å². The van der Waals surface area contributed by atoms with Gasteiger partial charge in [0.1, 0.15) is 0 Å². The van der Waals surface area contributed by atoms with E-state index >= 15 is 0 Å². The summed E-state index contributed by atoms with van der Waals surface area (Å²) in [5.74, 6) is -0.0571. The smallest absolute Gasteiger partial charge is 0.291 e. The molecule has 0 aliphatic carbocycles. The third-order valence-corrected chi connectivity index (χ3v) is 5.51. The monoisotopic (exact) mass is 413 g/mol. The molecule has 4 rings (SSSR count). The topological polar surface area (TPSA) is 69.9 Å². The first-order valence-corrected chi connectivity index (χ1v) is 10.4. The van der Waals surface area contributed by atoms with E-state index in [-0.39, 0.29) is 11.5 Å². The Balaban J connectivity index is 2.08. The average molecular weight is 414 g/mol. The Kier molecular flexibility index (Phi) is 4.95. The molecule has 1 atom stereocenters. The van der Waals surface area contributed by atoms with Gasteiger partial charge in [-0.1, -0.05) is 42.4 Å². The maximum Gasteiger partial charge on any atom is 0.325 e. The molecule has 2 heterocycles. The van der Waals surface area contributed by atoms with Gasteiger partial charge in [-0.3, -0.25) is 14.6 Å². The van der Waals surface area contributed by atoms with E-state index in [0.717, 1.165) is 5.56 Å². The number of carbonyl (C=O) groups is 1. The van der Waals surface area contributed by atoms with Gasteiger partial charge in [0, 0.05) is 22.1 Å². The lowest BCUT2D eigenvalue weighted by molar-refractivity contribution is -0.763. The molecule has 1 aromatic heterocycles. The fourth-order valence-electron chi connectivity index (χ4n) is 3.44. The van der Waals surface area contributed by atoms with Crippen molar-refractivity contribution in [3.8, 4) is 11.3 Å². The van der Waals surface area contributed by atoms with E-state index in [1.165, 1.54) is 11.8 Å². The molecule has 2 aromatic carbocycles. The maximum atomic E-state index is 13.0. The fourth-order valence-corrected chi connectivity index (χ4v) is 3.93. The van der Waals surface area contributed by atoms with Gasteiger partial charge in [0.15, 0.2) is 0 Å². The van der Waals surface area contributed by atoms with Gasteiger partial charge in [0.2, 0.25) is 11.1 Å². The lowest BCUT2D eigenvalue weighted by atomic mass is 10.0. The quantitative estimate of drug-likeness (QED) is 0.527. The Hall–Kier alpha value is -2.64. The van der Waals surface area contributed by atoms with E-state index in [0.29, 0.717) is 33.5 Å². The van der Waals surface area contributed by atoms with Crippen LogP contribution in [0, 0.1) is 0 Å². The molecule has 0 bridgehead atoms. The third kappa shape index (κ3) is 3.00. The highest BCUT2D eigenvalue weighted by Gasteiger charge is 2.45. The van der Waals surface area contributed by atoms with Crippen molar-refractivity contribution in [3.05, 3.63) is 69.5 Å². The summed E-state index contributed by atoms with van der Waals surface area (Å²) in [5.41, 5.74) is 2.37. The van der Waals surface area contributed by atoms with Gasteiger partial charge in [0.25, 0.3) is 6.17 Å². The van der Waals surface area contributed by atoms with Crippen LogP contribution < -0.4 is 15.1 Å². The van der Waals surface area contributed by atoms with Gasteiger partial charge < -0.3 is 0 Å². The molecule has 1 aliphatic rings. The van der Waals surface area contributed by atoms with Gasteiger partial charge >= 0.3 is 11.3 Å². The second-order valence-corrected chi connectivity index (χ2v) is 7.55. The fraction of sp³-hybridized carbons (Fsp3) is 0.200. The molecule has 3 aromatic rings. The van der Waals surface area contributed by atoms with Crippen LogP contribution in [0.15, 0.2) is 58.5 Å². The van der Waals surface area contributed by atoms with E-state index in [1.54, 1.807) is 21.7 Å². The minimum atomic E-state index is -0.581. The van der Waals surface area contributed by atoms with Crippen LogP contribution in [0.1, 0.15) is 25.1 Å². The molecule has 0 saturated carbocycles. The summed E-state index contributed by atoms with van der Waals surface area (Å²) < 4.78 is 1.64. The number of thioether (sulfide) groups is 1. The van der Waals surface area contributed by atoms with Crippen molar-refractivity contribution in [1.29, 1.82) is 0 Å². The van der Waals surface area contributed by atoms with Crippen LogP contribution in [0.25, 0.3) is 11.3 Å². The van der Waals surface area contributed by atoms with Crippen LogP contribution in [0.4, 0.5) is 5.69 Å². The van der Waals surface area contributed by atoms with E-state index in [9.17, 15) is 9.59 Å². The number of H-pyrrole nitrogens is 1. The number of aromatic nitrogens is 3. The van der Waals surface area contributed by atoms with Crippen molar-refractivity contribution in [2.75, 3.05) is 11.2 Å². The molecule has 28 heavy (non-hydrogen) atoms. The molecule has 1 unspecified atom stereocenters. The zero-order valence-corrected chi connectivity index (χ0v) is 16.9. The number of anilines is 1. The lowest BCUT2D eigenvalue weighted by Gasteiger charge is -2.32. The van der Waals surface area contributed by atoms with Crippen molar-refractivity contribution < 1.29 is 9.48 Å². The molecule has 1 N–H and O–H groups in total. The number of hydrogen-bond acceptors (Lipinski definition) is 4. The first-order valence-electron chi connectivity index (χ1n) is 8.82. The van der Waals surface area contributed by atoms with Gasteiger partial charge in [-0.05, 0) is 47.3 Å². The molecular weight excluding hydrogens is 396 g/mol. The average Bonchev–Trinajstić information content (AvgIpc) is 2.72. The van der Waals surface area contributed by atoms with E-state index in [2.05, 4.69) is 10.1 Å². The van der Waals surface area contributed by atoms with Crippen LogP contribution in [0.2, 0.25) is 5.02 Å². The highest BCUT2D eigenvalue weighted by Crippen LogP contribution is 2.37. The van der Waals surface area contributed by atoms with Crippen LogP contribution in [0.5, 0.6) is 0 Å². The molecular formula is C20H18ClN4O2S+. The van der Waals surface area contributed by atoms with Crippen molar-refractivity contribution >= 4 is 35.0 Å². The molecule has 1 aliphatic heterocycles. The highest BCUT2D eigenvalue weighted by molar-refractivity contribution is 7.98. The first kappa shape index (κ1) is 18.7. The second kappa shape index (κ2) is 7.41. The van der Waals surface area contributed by atoms with Gasteiger partial charge in [-0.25, -0.2) is 4.90 Å². The number of para-hydroxylation sites is 1. The Morgan fingerprint density at radius 1 is 1.25 bits per heavy atom. The van der Waals surface area contributed by atoms with Crippen LogP contribution in [-0.2, 0) is 4.79 Å². The zero-order valence-electron chi connectivity index (χ0n) is 15.3. The summed E-state index contributed by atoms with van der Waals surface area (Å²) in [6.07, 6.45) is 1.59. The zero-order chi connectivity index (χ0) is 19.8. The van der Waals surface area contributed by atoms with Crippen molar-refractivity contribution in [2.24, 2.45) is 0 Å². The number of halogens is 1. The van der Waals surface area contributed by atoms with Crippen molar-refractivity contribution in [3.63, 3.8) is 0 Å². The maximum absolute atomic E-state index is 13.0. The summed E-state index contributed by atoms with van der Waals surface area (Å²) in [6.45, 7) is 1.82. The van der Waals surface area contributed by atoms with Crippen LogP contribution in [0.3, 0.4) is 0 Å². The van der Waals surface area contributed by atoms with E-state index < -0.39 is 6.17 Å². The normalized spacial score (nSPS) is 15.1. The number of fused-ring (bicyclic) bond motifs is 3. The van der Waals surface area contributed by atoms with Crippen molar-refractivity contribution in [1.82, 2.24) is 10.1 Å². The van der Waals surface area contributed by atoms with Gasteiger partial charge in [0.05, 0.1) is 11.3 Å². The Morgan fingerprint density at radius 2 is 1.96 bits per heavy atom. The minimum absolute atomic E-state index is 0.0571. The predicted molar refractivity (Wildman–Crippen MR) is 110 cm³/mol. The lowest BCUT2D eigenvalue weighted by Crippen LogP contribution is -2.60. The summed E-state index contributed by atoms with van der Waals surface area (Å²) in [6, 6.07) is 14.7. The minimum Gasteiger partial charge on any atom is -0.291 e. The predicted octanol–water partition coefficient (Wildman–Crippen LogP) is 3.40. The molecule has 0 spiro atoms. The van der Waals surface area contributed by atoms with E-state index in [4.69, 9.17) is 11.6 Å². The number of rotatable bonds is 3. The number of benzene rings is 2. The molecule has 6 nitrogen and oxygen atoms in total. The molecule has 0 saturated heterocycles. The largest absolute Gasteiger partial charge is 0.325 e. The SMILES string of the molecule is CCC(=O)N1c2ccccc2-c2c(=O)[nH]c(SC)n[n+]2C1c1ccc(Cl)cc1. The number of amides is 1. The Labute approximate surface area is 171 Å². The van der Waals surface area contributed by atoms with Crippen LogP contribution >= 0.6 is 23.4 Å². The van der Waals surface area contributed by atoms with Crippen molar-refractivity contribution in [2.45, 2.75) is 24.7 Å².